The summed E-state index contributed by atoms with van der Waals surface area (Å²) in [6.07, 6.45) is 10.2. The van der Waals surface area contributed by atoms with Gasteiger partial charge in [-0.1, -0.05) is 18.8 Å². The molecule has 0 aromatic rings. The summed E-state index contributed by atoms with van der Waals surface area (Å²) in [6, 6.07) is 0. The van der Waals surface area contributed by atoms with Gasteiger partial charge in [0.25, 0.3) is 0 Å². The molecule has 0 heterocycles. The van der Waals surface area contributed by atoms with E-state index in [0.29, 0.717) is 6.54 Å². The molecule has 0 radical (unpaired) electrons. The lowest BCUT2D eigenvalue weighted by molar-refractivity contribution is 0.430. The van der Waals surface area contributed by atoms with Crippen molar-refractivity contribution in [3.05, 3.63) is 0 Å². The second-order valence-electron chi connectivity index (χ2n) is 2.84. The molecule has 1 aliphatic rings. The summed E-state index contributed by atoms with van der Waals surface area (Å²) in [6.45, 7) is 0.670. The van der Waals surface area contributed by atoms with E-state index in [-0.39, 0.29) is 5.41 Å². The van der Waals surface area contributed by atoms with Crippen LogP contribution in [-0.2, 0) is 0 Å². The molecule has 1 rings (SSSR count). The van der Waals surface area contributed by atoms with Gasteiger partial charge >= 0.3 is 0 Å². The van der Waals surface area contributed by atoms with Crippen molar-refractivity contribution in [3.63, 3.8) is 0 Å². The lowest BCUT2D eigenvalue weighted by Gasteiger charge is -2.18. The summed E-state index contributed by atoms with van der Waals surface area (Å²) < 4.78 is 0. The van der Waals surface area contributed by atoms with Gasteiger partial charge in [-0.15, -0.1) is 6.42 Å². The molecule has 1 aliphatic carbocycles. The predicted molar refractivity (Wildman–Crippen MR) is 38.8 cm³/mol. The van der Waals surface area contributed by atoms with Gasteiger partial charge in [0, 0.05) is 12.0 Å². The van der Waals surface area contributed by atoms with Gasteiger partial charge in [0.05, 0.1) is 0 Å². The fourth-order valence-corrected chi connectivity index (χ4v) is 1.46. The van der Waals surface area contributed by atoms with Crippen molar-refractivity contribution in [1.29, 1.82) is 0 Å². The van der Waals surface area contributed by atoms with E-state index in [1.54, 1.807) is 0 Å². The third kappa shape index (κ3) is 1.09. The topological polar surface area (TPSA) is 26.0 Å². The van der Waals surface area contributed by atoms with Gasteiger partial charge in [-0.05, 0) is 12.8 Å². The Morgan fingerprint density at radius 3 is 2.22 bits per heavy atom. The first-order valence-corrected chi connectivity index (χ1v) is 3.51. The molecule has 50 valence electrons. The van der Waals surface area contributed by atoms with Gasteiger partial charge in [0.1, 0.15) is 0 Å². The summed E-state index contributed by atoms with van der Waals surface area (Å²) in [5.74, 6) is 2.80. The average molecular weight is 123 g/mol. The Hall–Kier alpha value is -0.480. The van der Waals surface area contributed by atoms with Crippen molar-refractivity contribution >= 4 is 0 Å². The first-order chi connectivity index (χ1) is 4.33. The van der Waals surface area contributed by atoms with Crippen LogP contribution in [0.4, 0.5) is 0 Å². The zero-order chi connectivity index (χ0) is 6.74. The van der Waals surface area contributed by atoms with Crippen LogP contribution in [0.1, 0.15) is 25.7 Å². The highest BCUT2D eigenvalue weighted by atomic mass is 14.6. The fraction of sp³-hybridized carbons (Fsp3) is 0.750. The van der Waals surface area contributed by atoms with Crippen LogP contribution in [0.5, 0.6) is 0 Å². The van der Waals surface area contributed by atoms with E-state index in [9.17, 15) is 0 Å². The quantitative estimate of drug-likeness (QED) is 0.520. The van der Waals surface area contributed by atoms with Crippen molar-refractivity contribution < 1.29 is 0 Å². The molecule has 1 fully saturated rings. The third-order valence-corrected chi connectivity index (χ3v) is 2.26. The largest absolute Gasteiger partial charge is 0.329 e. The van der Waals surface area contributed by atoms with E-state index in [0.717, 1.165) is 12.8 Å². The third-order valence-electron chi connectivity index (χ3n) is 2.26. The molecule has 0 aromatic carbocycles. The molecule has 1 heteroatoms. The highest BCUT2D eigenvalue weighted by molar-refractivity contribution is 5.08. The molecule has 0 bridgehead atoms. The van der Waals surface area contributed by atoms with Crippen LogP contribution in [0, 0.1) is 17.8 Å². The first kappa shape index (κ1) is 6.64. The standard InChI is InChI=1S/C8H13N/c1-2-8(7-9)5-3-4-6-8/h1H,3-7,9H2. The molecule has 0 unspecified atom stereocenters. The van der Waals surface area contributed by atoms with E-state index in [2.05, 4.69) is 5.92 Å². The number of hydrogen-bond donors (Lipinski definition) is 1. The Morgan fingerprint density at radius 2 is 2.00 bits per heavy atom. The van der Waals surface area contributed by atoms with Crippen molar-refractivity contribution in [2.24, 2.45) is 11.1 Å². The monoisotopic (exact) mass is 123 g/mol. The van der Waals surface area contributed by atoms with Crippen LogP contribution in [0.15, 0.2) is 0 Å². The van der Waals surface area contributed by atoms with Crippen LogP contribution >= 0.6 is 0 Å². The molecule has 0 atom stereocenters. The smallest absolute Gasteiger partial charge is 0.0434 e. The summed E-state index contributed by atoms with van der Waals surface area (Å²) in [7, 11) is 0. The molecule has 0 spiro atoms. The van der Waals surface area contributed by atoms with E-state index in [4.69, 9.17) is 12.2 Å². The zero-order valence-electron chi connectivity index (χ0n) is 5.69. The predicted octanol–water partition coefficient (Wildman–Crippen LogP) is 1.14. The van der Waals surface area contributed by atoms with E-state index in [1.165, 1.54) is 12.8 Å². The lowest BCUT2D eigenvalue weighted by atomic mass is 9.88. The maximum atomic E-state index is 5.54. The van der Waals surface area contributed by atoms with Crippen LogP contribution in [0.2, 0.25) is 0 Å². The van der Waals surface area contributed by atoms with Gasteiger partial charge in [0.15, 0.2) is 0 Å². The van der Waals surface area contributed by atoms with Crippen LogP contribution in [-0.4, -0.2) is 6.54 Å². The molecular weight excluding hydrogens is 110 g/mol. The molecule has 0 aliphatic heterocycles. The van der Waals surface area contributed by atoms with Crippen molar-refractivity contribution in [2.45, 2.75) is 25.7 Å². The van der Waals surface area contributed by atoms with Crippen LogP contribution in [0.25, 0.3) is 0 Å². The summed E-state index contributed by atoms with van der Waals surface area (Å²) in [5, 5.41) is 0. The number of rotatable bonds is 1. The van der Waals surface area contributed by atoms with Crippen molar-refractivity contribution in [2.75, 3.05) is 6.54 Å². The summed E-state index contributed by atoms with van der Waals surface area (Å²) >= 11 is 0. The van der Waals surface area contributed by atoms with Crippen molar-refractivity contribution in [3.8, 4) is 12.3 Å². The minimum atomic E-state index is 0.0833. The second-order valence-corrected chi connectivity index (χ2v) is 2.84. The Labute approximate surface area is 56.6 Å². The molecule has 2 N–H and O–H groups in total. The van der Waals surface area contributed by atoms with Gasteiger partial charge < -0.3 is 5.73 Å². The maximum Gasteiger partial charge on any atom is 0.0434 e. The van der Waals surface area contributed by atoms with Gasteiger partial charge in [-0.3, -0.25) is 0 Å². The maximum absolute atomic E-state index is 5.54. The number of nitrogens with two attached hydrogens (primary N) is 1. The molecule has 0 saturated heterocycles. The van der Waals surface area contributed by atoms with Gasteiger partial charge in [0.2, 0.25) is 0 Å². The summed E-state index contributed by atoms with van der Waals surface area (Å²) in [4.78, 5) is 0. The minimum absolute atomic E-state index is 0.0833. The van der Waals surface area contributed by atoms with Gasteiger partial charge in [-0.2, -0.15) is 0 Å². The summed E-state index contributed by atoms with van der Waals surface area (Å²) in [5.41, 5.74) is 5.62. The normalized spacial score (nSPS) is 23.6. The molecule has 0 aromatic heterocycles. The Bertz CT molecular complexity index is 126. The Kier molecular flexibility index (Phi) is 1.78. The lowest BCUT2D eigenvalue weighted by Crippen LogP contribution is -2.24. The zero-order valence-corrected chi connectivity index (χ0v) is 5.69. The molecule has 9 heavy (non-hydrogen) atoms. The van der Waals surface area contributed by atoms with E-state index >= 15 is 0 Å². The molecule has 0 amide bonds. The average Bonchev–Trinajstić information content (AvgIpc) is 2.36. The van der Waals surface area contributed by atoms with E-state index < -0.39 is 0 Å². The van der Waals surface area contributed by atoms with E-state index in [1.807, 2.05) is 0 Å². The first-order valence-electron chi connectivity index (χ1n) is 3.51. The fourth-order valence-electron chi connectivity index (χ4n) is 1.46. The highest BCUT2D eigenvalue weighted by Gasteiger charge is 2.29. The van der Waals surface area contributed by atoms with Crippen molar-refractivity contribution in [1.82, 2.24) is 0 Å². The van der Waals surface area contributed by atoms with Gasteiger partial charge in [-0.25, -0.2) is 0 Å². The Morgan fingerprint density at radius 1 is 1.44 bits per heavy atom. The Balaban J connectivity index is 2.59. The minimum Gasteiger partial charge on any atom is -0.329 e. The molecule has 1 nitrogen and oxygen atoms in total. The highest BCUT2D eigenvalue weighted by Crippen LogP contribution is 2.35. The second kappa shape index (κ2) is 2.41. The van der Waals surface area contributed by atoms with Crippen LogP contribution < -0.4 is 5.73 Å². The molecular formula is C8H13N. The molecule has 1 saturated carbocycles. The number of terminal acetylenes is 1. The van der Waals surface area contributed by atoms with Crippen LogP contribution in [0.3, 0.4) is 0 Å². The SMILES string of the molecule is C#CC1(CN)CCCC1. The number of hydrogen-bond acceptors (Lipinski definition) is 1.